The van der Waals surface area contributed by atoms with Gasteiger partial charge in [0.05, 0.1) is 37.1 Å². The molecule has 5 nitrogen and oxygen atoms in total. The Bertz CT molecular complexity index is 618. The molecule has 1 amide bonds. The fourth-order valence-corrected chi connectivity index (χ4v) is 2.90. The SMILES string of the molecule is CCOC(=O)/C=C1\SCC(=O)N1Cc1ccc(OC)c(F)c1. The molecule has 1 aliphatic heterocycles. The van der Waals surface area contributed by atoms with Crippen LogP contribution in [0, 0.1) is 5.82 Å². The Labute approximate surface area is 132 Å². The molecule has 1 aromatic carbocycles. The first-order valence-electron chi connectivity index (χ1n) is 6.69. The van der Waals surface area contributed by atoms with E-state index in [9.17, 15) is 14.0 Å². The van der Waals surface area contributed by atoms with Crippen LogP contribution in [0.25, 0.3) is 0 Å². The monoisotopic (exact) mass is 325 g/mol. The summed E-state index contributed by atoms with van der Waals surface area (Å²) in [6, 6.07) is 4.50. The molecular formula is C15H16FNO4S. The molecule has 1 aliphatic rings. The first kappa shape index (κ1) is 16.4. The number of methoxy groups -OCH3 is 1. The Hall–Kier alpha value is -2.02. The highest BCUT2D eigenvalue weighted by molar-refractivity contribution is 8.04. The summed E-state index contributed by atoms with van der Waals surface area (Å²) in [5.41, 5.74) is 0.615. The smallest absolute Gasteiger partial charge is 0.333 e. The van der Waals surface area contributed by atoms with Gasteiger partial charge in [-0.1, -0.05) is 17.8 Å². The molecule has 118 valence electrons. The number of nitrogens with zero attached hydrogens (tertiary/aromatic N) is 1. The van der Waals surface area contributed by atoms with Crippen molar-refractivity contribution in [1.29, 1.82) is 0 Å². The Morgan fingerprint density at radius 3 is 2.91 bits per heavy atom. The highest BCUT2D eigenvalue weighted by Crippen LogP contribution is 2.31. The van der Waals surface area contributed by atoms with Gasteiger partial charge >= 0.3 is 5.97 Å². The van der Waals surface area contributed by atoms with Gasteiger partial charge in [-0.2, -0.15) is 0 Å². The van der Waals surface area contributed by atoms with Gasteiger partial charge in [0.25, 0.3) is 0 Å². The van der Waals surface area contributed by atoms with Crippen LogP contribution in [0.15, 0.2) is 29.3 Å². The van der Waals surface area contributed by atoms with E-state index in [1.165, 1.54) is 42.0 Å². The Morgan fingerprint density at radius 2 is 2.27 bits per heavy atom. The number of rotatable bonds is 5. The summed E-state index contributed by atoms with van der Waals surface area (Å²) in [5.74, 6) is -0.713. The highest BCUT2D eigenvalue weighted by Gasteiger charge is 2.27. The lowest BCUT2D eigenvalue weighted by molar-refractivity contribution is -0.137. The normalized spacial score (nSPS) is 16.2. The third-order valence-electron chi connectivity index (χ3n) is 3.00. The van der Waals surface area contributed by atoms with Crippen molar-refractivity contribution < 1.29 is 23.5 Å². The molecule has 1 aromatic rings. The maximum atomic E-state index is 13.7. The average molecular weight is 325 g/mol. The van der Waals surface area contributed by atoms with Crippen molar-refractivity contribution in [2.45, 2.75) is 13.5 Å². The molecule has 22 heavy (non-hydrogen) atoms. The summed E-state index contributed by atoms with van der Waals surface area (Å²) in [7, 11) is 1.39. The van der Waals surface area contributed by atoms with Gasteiger partial charge < -0.3 is 14.4 Å². The molecule has 1 saturated heterocycles. The van der Waals surface area contributed by atoms with Gasteiger partial charge in [-0.05, 0) is 24.6 Å². The molecule has 0 N–H and O–H groups in total. The molecule has 1 heterocycles. The van der Waals surface area contributed by atoms with Crippen LogP contribution in [-0.2, 0) is 20.9 Å². The summed E-state index contributed by atoms with van der Waals surface area (Å²) in [6.07, 6.45) is 1.29. The van der Waals surface area contributed by atoms with Gasteiger partial charge in [0.2, 0.25) is 5.91 Å². The minimum atomic E-state index is -0.495. The van der Waals surface area contributed by atoms with Gasteiger partial charge in [0, 0.05) is 0 Å². The molecule has 0 aliphatic carbocycles. The van der Waals surface area contributed by atoms with Crippen molar-refractivity contribution in [1.82, 2.24) is 4.90 Å². The van der Waals surface area contributed by atoms with Crippen molar-refractivity contribution in [3.63, 3.8) is 0 Å². The highest BCUT2D eigenvalue weighted by atomic mass is 32.2. The summed E-state index contributed by atoms with van der Waals surface area (Å²) in [5, 5.41) is 0.514. The fourth-order valence-electron chi connectivity index (χ4n) is 1.98. The quantitative estimate of drug-likeness (QED) is 0.614. The molecule has 0 unspecified atom stereocenters. The number of benzene rings is 1. The zero-order valence-corrected chi connectivity index (χ0v) is 13.1. The number of amides is 1. The van der Waals surface area contributed by atoms with E-state index in [2.05, 4.69) is 0 Å². The van der Waals surface area contributed by atoms with Crippen molar-refractivity contribution in [3.8, 4) is 5.75 Å². The van der Waals surface area contributed by atoms with E-state index in [0.717, 1.165) is 0 Å². The van der Waals surface area contributed by atoms with Crippen LogP contribution in [0.5, 0.6) is 5.75 Å². The minimum Gasteiger partial charge on any atom is -0.494 e. The molecule has 0 saturated carbocycles. The molecule has 1 fully saturated rings. The van der Waals surface area contributed by atoms with Gasteiger partial charge in [0.1, 0.15) is 0 Å². The first-order valence-corrected chi connectivity index (χ1v) is 7.67. The summed E-state index contributed by atoms with van der Waals surface area (Å²) in [4.78, 5) is 24.9. The van der Waals surface area contributed by atoms with Crippen LogP contribution in [0.4, 0.5) is 4.39 Å². The van der Waals surface area contributed by atoms with E-state index in [4.69, 9.17) is 9.47 Å². The van der Waals surface area contributed by atoms with Crippen LogP contribution in [0.3, 0.4) is 0 Å². The van der Waals surface area contributed by atoms with Crippen molar-refractivity contribution >= 4 is 23.6 Å². The third kappa shape index (κ3) is 3.79. The van der Waals surface area contributed by atoms with Crippen molar-refractivity contribution in [3.05, 3.63) is 40.7 Å². The maximum absolute atomic E-state index is 13.7. The number of carbonyl (C=O) groups excluding carboxylic acids is 2. The van der Waals surface area contributed by atoms with Gasteiger partial charge in [-0.15, -0.1) is 0 Å². The number of carbonyl (C=O) groups is 2. The van der Waals surface area contributed by atoms with Gasteiger partial charge in [0.15, 0.2) is 11.6 Å². The van der Waals surface area contributed by atoms with Crippen molar-refractivity contribution in [2.75, 3.05) is 19.5 Å². The van der Waals surface area contributed by atoms with Crippen molar-refractivity contribution in [2.24, 2.45) is 0 Å². The second-order valence-corrected chi connectivity index (χ2v) is 5.47. The van der Waals surface area contributed by atoms with Crippen LogP contribution in [0.1, 0.15) is 12.5 Å². The largest absolute Gasteiger partial charge is 0.494 e. The lowest BCUT2D eigenvalue weighted by atomic mass is 10.2. The summed E-state index contributed by atoms with van der Waals surface area (Å²) >= 11 is 1.26. The number of hydrogen-bond acceptors (Lipinski definition) is 5. The standard InChI is InChI=1S/C15H16FNO4S/c1-3-21-15(19)7-14-17(13(18)9-22-14)8-10-4-5-12(20-2)11(16)6-10/h4-7H,3,8-9H2,1-2H3/b14-7-. The minimum absolute atomic E-state index is 0.128. The molecule has 0 aromatic heterocycles. The van der Waals surface area contributed by atoms with E-state index >= 15 is 0 Å². The second kappa shape index (κ2) is 7.31. The Kier molecular flexibility index (Phi) is 5.43. The zero-order valence-electron chi connectivity index (χ0n) is 12.3. The topological polar surface area (TPSA) is 55.8 Å². The number of ether oxygens (including phenoxy) is 2. The fraction of sp³-hybridized carbons (Fsp3) is 0.333. The summed E-state index contributed by atoms with van der Waals surface area (Å²) in [6.45, 7) is 2.17. The van der Waals surface area contributed by atoms with Gasteiger partial charge in [-0.3, -0.25) is 4.79 Å². The molecular weight excluding hydrogens is 309 g/mol. The van der Waals surface area contributed by atoms with Crippen LogP contribution in [-0.4, -0.2) is 36.2 Å². The summed E-state index contributed by atoms with van der Waals surface area (Å²) < 4.78 is 23.4. The van der Waals surface area contributed by atoms with E-state index in [1.54, 1.807) is 13.0 Å². The first-order chi connectivity index (χ1) is 10.5. The van der Waals surface area contributed by atoms with Crippen LogP contribution < -0.4 is 4.74 Å². The maximum Gasteiger partial charge on any atom is 0.333 e. The Balaban J connectivity index is 2.16. The van der Waals surface area contributed by atoms with Crippen LogP contribution >= 0.6 is 11.8 Å². The van der Waals surface area contributed by atoms with E-state index in [0.29, 0.717) is 10.6 Å². The number of thioether (sulfide) groups is 1. The van der Waals surface area contributed by atoms with E-state index < -0.39 is 11.8 Å². The third-order valence-corrected chi connectivity index (χ3v) is 4.02. The predicted octanol–water partition coefficient (Wildman–Crippen LogP) is 2.31. The second-order valence-electron chi connectivity index (χ2n) is 4.47. The van der Waals surface area contributed by atoms with E-state index in [-0.39, 0.29) is 30.6 Å². The van der Waals surface area contributed by atoms with Crippen LogP contribution in [0.2, 0.25) is 0 Å². The molecule has 7 heteroatoms. The lowest BCUT2D eigenvalue weighted by Gasteiger charge is -2.17. The number of hydrogen-bond donors (Lipinski definition) is 0. The molecule has 2 rings (SSSR count). The number of esters is 1. The zero-order chi connectivity index (χ0) is 16.1. The number of halogens is 1. The van der Waals surface area contributed by atoms with E-state index in [1.807, 2.05) is 0 Å². The molecule has 0 bridgehead atoms. The molecule has 0 atom stereocenters. The predicted molar refractivity (Wildman–Crippen MR) is 80.7 cm³/mol. The van der Waals surface area contributed by atoms with Gasteiger partial charge in [-0.25, -0.2) is 9.18 Å². The Morgan fingerprint density at radius 1 is 1.50 bits per heavy atom. The average Bonchev–Trinajstić information content (AvgIpc) is 2.81. The molecule has 0 radical (unpaired) electrons. The molecule has 0 spiro atoms. The lowest BCUT2D eigenvalue weighted by Crippen LogP contribution is -2.24.